The number of benzene rings is 2. The van der Waals surface area contributed by atoms with Crippen molar-refractivity contribution in [3.05, 3.63) is 111 Å². The van der Waals surface area contributed by atoms with E-state index < -0.39 is 0 Å². The Balaban J connectivity index is 1.41. The molecule has 0 atom stereocenters. The van der Waals surface area contributed by atoms with E-state index in [2.05, 4.69) is 15.4 Å². The number of nitrogens with one attached hydrogen (secondary N) is 1. The molecular formula is C29H26ClN5O3S. The summed E-state index contributed by atoms with van der Waals surface area (Å²) in [6.45, 7) is 5.84. The largest absolute Gasteiger partial charge is 0.467 e. The third-order valence-electron chi connectivity index (χ3n) is 6.13. The molecule has 0 radical (unpaired) electrons. The number of carbonyl (C=O) groups is 2. The van der Waals surface area contributed by atoms with Gasteiger partial charge in [-0.05, 0) is 56.7 Å². The predicted octanol–water partition coefficient (Wildman–Crippen LogP) is 6.53. The molecule has 0 bridgehead atoms. The standard InChI is InChI=1S/C29H26ClN5O3S/c1-18-11-12-24(19(2)14-18)32-25(36)15-21-17-39-29(31-21)34(16-23-10-7-13-38-23)28(37)26-20(3)33-35(27(26)30)22-8-5-4-6-9-22/h4-14,17H,15-16H2,1-3H3,(H,32,36). The summed E-state index contributed by atoms with van der Waals surface area (Å²) in [4.78, 5) is 32.8. The molecule has 5 rings (SSSR count). The highest BCUT2D eigenvalue weighted by molar-refractivity contribution is 7.14. The fourth-order valence-corrected chi connectivity index (χ4v) is 5.39. The summed E-state index contributed by atoms with van der Waals surface area (Å²) < 4.78 is 7.07. The van der Waals surface area contributed by atoms with E-state index in [9.17, 15) is 9.59 Å². The van der Waals surface area contributed by atoms with Crippen molar-refractivity contribution in [2.45, 2.75) is 33.7 Å². The quantitative estimate of drug-likeness (QED) is 0.233. The maximum Gasteiger partial charge on any atom is 0.265 e. The van der Waals surface area contributed by atoms with Crippen molar-refractivity contribution in [1.82, 2.24) is 14.8 Å². The highest BCUT2D eigenvalue weighted by Crippen LogP contribution is 2.30. The molecule has 3 heterocycles. The zero-order valence-electron chi connectivity index (χ0n) is 21.6. The van der Waals surface area contributed by atoms with Crippen LogP contribution in [-0.2, 0) is 17.8 Å². The summed E-state index contributed by atoms with van der Waals surface area (Å²) in [6, 6.07) is 18.8. The van der Waals surface area contributed by atoms with Crippen LogP contribution in [0, 0.1) is 20.8 Å². The van der Waals surface area contributed by atoms with E-state index in [1.165, 1.54) is 16.2 Å². The molecule has 0 fully saturated rings. The molecule has 0 saturated heterocycles. The fraction of sp³-hybridized carbons (Fsp3) is 0.172. The first kappa shape index (κ1) is 26.4. The number of halogens is 1. The number of furan rings is 1. The summed E-state index contributed by atoms with van der Waals surface area (Å²) in [5, 5.41) is 9.87. The Kier molecular flexibility index (Phi) is 7.63. The third-order valence-corrected chi connectivity index (χ3v) is 7.39. The van der Waals surface area contributed by atoms with Crippen LogP contribution in [0.25, 0.3) is 5.69 Å². The average molecular weight is 560 g/mol. The highest BCUT2D eigenvalue weighted by atomic mass is 35.5. The number of aryl methyl sites for hydroxylation is 3. The van der Waals surface area contributed by atoms with Gasteiger partial charge in [-0.2, -0.15) is 5.10 Å². The molecule has 2 amide bonds. The van der Waals surface area contributed by atoms with E-state index in [1.807, 2.05) is 62.4 Å². The molecule has 10 heteroatoms. The molecule has 39 heavy (non-hydrogen) atoms. The van der Waals surface area contributed by atoms with Crippen molar-refractivity contribution < 1.29 is 14.0 Å². The number of nitrogens with zero attached hydrogens (tertiary/aromatic N) is 4. The fourth-order valence-electron chi connectivity index (χ4n) is 4.22. The Morgan fingerprint density at radius 1 is 1.08 bits per heavy atom. The first-order chi connectivity index (χ1) is 18.8. The van der Waals surface area contributed by atoms with Crippen LogP contribution in [-0.4, -0.2) is 26.6 Å². The van der Waals surface area contributed by atoms with Gasteiger partial charge in [0.15, 0.2) is 5.13 Å². The van der Waals surface area contributed by atoms with Crippen LogP contribution < -0.4 is 10.2 Å². The second-order valence-electron chi connectivity index (χ2n) is 9.13. The zero-order valence-corrected chi connectivity index (χ0v) is 23.2. The van der Waals surface area contributed by atoms with E-state index in [-0.39, 0.29) is 35.5 Å². The molecule has 3 aromatic heterocycles. The highest BCUT2D eigenvalue weighted by Gasteiger charge is 2.29. The molecular weight excluding hydrogens is 534 g/mol. The molecule has 0 aliphatic carbocycles. The molecule has 8 nitrogen and oxygen atoms in total. The maximum absolute atomic E-state index is 13.9. The lowest BCUT2D eigenvalue weighted by Gasteiger charge is -2.19. The van der Waals surface area contributed by atoms with Gasteiger partial charge in [0.25, 0.3) is 5.91 Å². The van der Waals surface area contributed by atoms with Crippen LogP contribution in [0.1, 0.15) is 38.6 Å². The minimum Gasteiger partial charge on any atom is -0.467 e. The van der Waals surface area contributed by atoms with Gasteiger partial charge in [0.1, 0.15) is 16.5 Å². The number of hydrogen-bond donors (Lipinski definition) is 1. The summed E-state index contributed by atoms with van der Waals surface area (Å²) in [5.41, 5.74) is 4.93. The monoisotopic (exact) mass is 559 g/mol. The first-order valence-electron chi connectivity index (χ1n) is 12.3. The summed E-state index contributed by atoms with van der Waals surface area (Å²) in [5.74, 6) is 0.0272. The van der Waals surface area contributed by atoms with Crippen LogP contribution in [0.3, 0.4) is 0 Å². The third kappa shape index (κ3) is 5.79. The number of amides is 2. The van der Waals surface area contributed by atoms with E-state index in [0.717, 1.165) is 22.5 Å². The predicted molar refractivity (Wildman–Crippen MR) is 153 cm³/mol. The van der Waals surface area contributed by atoms with Gasteiger partial charge in [0, 0.05) is 11.1 Å². The van der Waals surface area contributed by atoms with Gasteiger partial charge in [0.05, 0.1) is 36.3 Å². The second-order valence-corrected chi connectivity index (χ2v) is 10.3. The number of carbonyl (C=O) groups excluding carboxylic acids is 2. The Morgan fingerprint density at radius 2 is 1.87 bits per heavy atom. The van der Waals surface area contributed by atoms with Gasteiger partial charge in [0.2, 0.25) is 5.91 Å². The van der Waals surface area contributed by atoms with Crippen LogP contribution in [0.15, 0.2) is 76.7 Å². The zero-order chi connectivity index (χ0) is 27.5. The van der Waals surface area contributed by atoms with Gasteiger partial charge in [-0.25, -0.2) is 9.67 Å². The van der Waals surface area contributed by atoms with Crippen LogP contribution in [0.2, 0.25) is 5.15 Å². The number of aromatic nitrogens is 3. The first-order valence-corrected chi connectivity index (χ1v) is 13.5. The van der Waals surface area contributed by atoms with Crippen molar-refractivity contribution in [2.75, 3.05) is 10.2 Å². The molecule has 0 spiro atoms. The van der Waals surface area contributed by atoms with Gasteiger partial charge in [-0.15, -0.1) is 11.3 Å². The smallest absolute Gasteiger partial charge is 0.265 e. The van der Waals surface area contributed by atoms with Gasteiger partial charge >= 0.3 is 0 Å². The molecule has 2 aromatic carbocycles. The van der Waals surface area contributed by atoms with Crippen molar-refractivity contribution in [2.24, 2.45) is 0 Å². The van der Waals surface area contributed by atoms with Gasteiger partial charge in [-0.3, -0.25) is 14.5 Å². The number of thiazole rings is 1. The lowest BCUT2D eigenvalue weighted by Crippen LogP contribution is -2.31. The number of anilines is 2. The average Bonchev–Trinajstić information content (AvgIpc) is 3.66. The normalized spacial score (nSPS) is 11.0. The number of para-hydroxylation sites is 1. The van der Waals surface area contributed by atoms with Crippen LogP contribution in [0.4, 0.5) is 10.8 Å². The van der Waals surface area contributed by atoms with Crippen LogP contribution in [0.5, 0.6) is 0 Å². The Morgan fingerprint density at radius 3 is 2.59 bits per heavy atom. The van der Waals surface area contributed by atoms with Gasteiger partial charge < -0.3 is 9.73 Å². The van der Waals surface area contributed by atoms with E-state index in [1.54, 1.807) is 35.4 Å². The lowest BCUT2D eigenvalue weighted by atomic mass is 10.1. The molecule has 0 aliphatic rings. The summed E-state index contributed by atoms with van der Waals surface area (Å²) in [6.07, 6.45) is 1.62. The second kappa shape index (κ2) is 11.3. The minimum absolute atomic E-state index is 0.0678. The molecule has 5 aromatic rings. The Hall–Kier alpha value is -4.21. The summed E-state index contributed by atoms with van der Waals surface area (Å²) in [7, 11) is 0. The SMILES string of the molecule is Cc1ccc(NC(=O)Cc2csc(N(Cc3ccco3)C(=O)c3c(C)nn(-c4ccccc4)c3Cl)n2)c(C)c1. The summed E-state index contributed by atoms with van der Waals surface area (Å²) >= 11 is 7.98. The molecule has 198 valence electrons. The molecule has 0 aliphatic heterocycles. The van der Waals surface area contributed by atoms with Crippen molar-refractivity contribution in [3.63, 3.8) is 0 Å². The van der Waals surface area contributed by atoms with E-state index in [4.69, 9.17) is 16.0 Å². The Bertz CT molecular complexity index is 1630. The number of rotatable bonds is 8. The molecule has 1 N–H and O–H groups in total. The van der Waals surface area contributed by atoms with Crippen molar-refractivity contribution >= 4 is 45.6 Å². The van der Waals surface area contributed by atoms with Crippen LogP contribution >= 0.6 is 22.9 Å². The van der Waals surface area contributed by atoms with E-state index >= 15 is 0 Å². The molecule has 0 saturated carbocycles. The maximum atomic E-state index is 13.9. The molecule has 0 unspecified atom stereocenters. The van der Waals surface area contributed by atoms with E-state index in [0.29, 0.717) is 22.3 Å². The topological polar surface area (TPSA) is 93.3 Å². The van der Waals surface area contributed by atoms with Gasteiger partial charge in [-0.1, -0.05) is 47.5 Å². The number of hydrogen-bond acceptors (Lipinski definition) is 6. The van der Waals surface area contributed by atoms with Crippen molar-refractivity contribution in [1.29, 1.82) is 0 Å². The minimum atomic E-state index is -0.364. The van der Waals surface area contributed by atoms with Crippen molar-refractivity contribution in [3.8, 4) is 5.69 Å². The Labute approximate surface area is 234 Å². The lowest BCUT2D eigenvalue weighted by molar-refractivity contribution is -0.115.